The lowest BCUT2D eigenvalue weighted by Crippen LogP contribution is -2.40. The second-order valence-electron chi connectivity index (χ2n) is 7.57. The van der Waals surface area contributed by atoms with Crippen LogP contribution in [0.25, 0.3) is 0 Å². The SMILES string of the molecule is CCNC(=NCc1ccc(OC)c(OC)c1)NCC1CCN(c2cccc(OC)c2)C1.I. The van der Waals surface area contributed by atoms with Crippen molar-refractivity contribution >= 4 is 35.6 Å². The van der Waals surface area contributed by atoms with Gasteiger partial charge in [0.05, 0.1) is 27.9 Å². The highest BCUT2D eigenvalue weighted by atomic mass is 127. The van der Waals surface area contributed by atoms with Crippen molar-refractivity contribution in [3.63, 3.8) is 0 Å². The zero-order valence-electron chi connectivity index (χ0n) is 19.4. The number of aliphatic imine (C=N–C) groups is 1. The molecule has 176 valence electrons. The molecule has 2 aromatic rings. The Hall–Kier alpha value is -2.36. The van der Waals surface area contributed by atoms with Crippen LogP contribution >= 0.6 is 24.0 Å². The van der Waals surface area contributed by atoms with Crippen LogP contribution in [0.1, 0.15) is 18.9 Å². The predicted molar refractivity (Wildman–Crippen MR) is 141 cm³/mol. The van der Waals surface area contributed by atoms with E-state index in [1.54, 1.807) is 21.3 Å². The van der Waals surface area contributed by atoms with Gasteiger partial charge in [0.1, 0.15) is 5.75 Å². The molecule has 0 radical (unpaired) electrons. The second kappa shape index (κ2) is 13.2. The van der Waals surface area contributed by atoms with Gasteiger partial charge in [-0.3, -0.25) is 0 Å². The van der Waals surface area contributed by atoms with Crippen LogP contribution in [0.4, 0.5) is 5.69 Å². The maximum atomic E-state index is 5.39. The Bertz CT molecular complexity index is 878. The van der Waals surface area contributed by atoms with Crippen molar-refractivity contribution in [3.05, 3.63) is 48.0 Å². The Kier molecular flexibility index (Phi) is 10.7. The summed E-state index contributed by atoms with van der Waals surface area (Å²) in [5.74, 6) is 3.74. The van der Waals surface area contributed by atoms with E-state index < -0.39 is 0 Å². The maximum absolute atomic E-state index is 5.39. The molecule has 0 aliphatic carbocycles. The molecule has 1 atom stereocenters. The molecule has 8 heteroatoms. The molecule has 7 nitrogen and oxygen atoms in total. The van der Waals surface area contributed by atoms with Crippen molar-refractivity contribution in [1.82, 2.24) is 10.6 Å². The van der Waals surface area contributed by atoms with Crippen LogP contribution < -0.4 is 29.7 Å². The molecular formula is C24H35IN4O3. The summed E-state index contributed by atoms with van der Waals surface area (Å²) in [6, 6.07) is 14.2. The molecule has 1 saturated heterocycles. The van der Waals surface area contributed by atoms with Gasteiger partial charge in [-0.2, -0.15) is 0 Å². The van der Waals surface area contributed by atoms with Crippen molar-refractivity contribution in [2.24, 2.45) is 10.9 Å². The highest BCUT2D eigenvalue weighted by molar-refractivity contribution is 14.0. The van der Waals surface area contributed by atoms with E-state index in [4.69, 9.17) is 19.2 Å². The molecule has 1 heterocycles. The van der Waals surface area contributed by atoms with Gasteiger partial charge in [0.15, 0.2) is 17.5 Å². The van der Waals surface area contributed by atoms with E-state index in [-0.39, 0.29) is 24.0 Å². The zero-order valence-corrected chi connectivity index (χ0v) is 21.7. The molecular weight excluding hydrogens is 519 g/mol. The number of hydrogen-bond acceptors (Lipinski definition) is 5. The molecule has 0 bridgehead atoms. The average molecular weight is 554 g/mol. The van der Waals surface area contributed by atoms with Gasteiger partial charge in [-0.05, 0) is 49.1 Å². The van der Waals surface area contributed by atoms with E-state index in [1.807, 2.05) is 30.3 Å². The molecule has 2 aromatic carbocycles. The van der Waals surface area contributed by atoms with Gasteiger partial charge in [0.2, 0.25) is 0 Å². The number of guanidine groups is 1. The summed E-state index contributed by atoms with van der Waals surface area (Å²) in [5.41, 5.74) is 2.29. The van der Waals surface area contributed by atoms with E-state index >= 15 is 0 Å². The molecule has 1 unspecified atom stereocenters. The van der Waals surface area contributed by atoms with Gasteiger partial charge >= 0.3 is 0 Å². The molecule has 0 aromatic heterocycles. The third-order valence-electron chi connectivity index (χ3n) is 5.47. The number of rotatable bonds is 9. The number of ether oxygens (including phenoxy) is 3. The zero-order chi connectivity index (χ0) is 22.1. The number of benzene rings is 2. The second-order valence-corrected chi connectivity index (χ2v) is 7.57. The molecule has 1 aliphatic rings. The largest absolute Gasteiger partial charge is 0.497 e. The lowest BCUT2D eigenvalue weighted by Gasteiger charge is -2.20. The molecule has 32 heavy (non-hydrogen) atoms. The summed E-state index contributed by atoms with van der Waals surface area (Å²) in [7, 11) is 4.99. The Morgan fingerprint density at radius 2 is 1.84 bits per heavy atom. The summed E-state index contributed by atoms with van der Waals surface area (Å²) >= 11 is 0. The fraction of sp³-hybridized carbons (Fsp3) is 0.458. The van der Waals surface area contributed by atoms with Gasteiger partial charge in [-0.25, -0.2) is 4.99 Å². The third kappa shape index (κ3) is 7.08. The minimum Gasteiger partial charge on any atom is -0.497 e. The minimum absolute atomic E-state index is 0. The number of hydrogen-bond donors (Lipinski definition) is 2. The molecule has 1 aliphatic heterocycles. The Balaban J connectivity index is 0.00000363. The first-order valence-corrected chi connectivity index (χ1v) is 10.8. The van der Waals surface area contributed by atoms with Crippen LogP contribution in [-0.4, -0.2) is 53.5 Å². The van der Waals surface area contributed by atoms with E-state index in [0.717, 1.165) is 61.4 Å². The van der Waals surface area contributed by atoms with Crippen molar-refractivity contribution in [3.8, 4) is 17.2 Å². The Morgan fingerprint density at radius 3 is 2.56 bits per heavy atom. The molecule has 0 amide bonds. The molecule has 1 fully saturated rings. The molecule has 2 N–H and O–H groups in total. The van der Waals surface area contributed by atoms with E-state index in [1.165, 1.54) is 5.69 Å². The van der Waals surface area contributed by atoms with Gasteiger partial charge in [-0.1, -0.05) is 12.1 Å². The Labute approximate surface area is 208 Å². The smallest absolute Gasteiger partial charge is 0.191 e. The average Bonchev–Trinajstić information content (AvgIpc) is 3.29. The lowest BCUT2D eigenvalue weighted by atomic mass is 10.1. The van der Waals surface area contributed by atoms with Crippen molar-refractivity contribution < 1.29 is 14.2 Å². The quantitative estimate of drug-likeness (QED) is 0.279. The number of halogens is 1. The highest BCUT2D eigenvalue weighted by Crippen LogP contribution is 2.28. The van der Waals surface area contributed by atoms with E-state index in [0.29, 0.717) is 12.5 Å². The summed E-state index contributed by atoms with van der Waals surface area (Å²) < 4.78 is 16.1. The van der Waals surface area contributed by atoms with Gasteiger partial charge in [-0.15, -0.1) is 24.0 Å². The summed E-state index contributed by atoms with van der Waals surface area (Å²) in [4.78, 5) is 7.16. The fourth-order valence-corrected chi connectivity index (χ4v) is 3.77. The summed E-state index contributed by atoms with van der Waals surface area (Å²) in [6.07, 6.45) is 1.15. The van der Waals surface area contributed by atoms with Crippen LogP contribution in [0.2, 0.25) is 0 Å². The Morgan fingerprint density at radius 1 is 1.03 bits per heavy atom. The minimum atomic E-state index is 0. The standard InChI is InChI=1S/C24H34N4O3.HI/c1-5-25-24(26-15-18-9-10-22(30-3)23(13-18)31-4)27-16-19-11-12-28(17-19)20-7-6-8-21(14-20)29-2;/h6-10,13-14,19H,5,11-12,15-17H2,1-4H3,(H2,25,26,27);1H. The number of nitrogens with one attached hydrogen (secondary N) is 2. The molecule has 0 spiro atoms. The van der Waals surface area contributed by atoms with Crippen molar-refractivity contribution in [2.75, 3.05) is 52.4 Å². The molecule has 0 saturated carbocycles. The summed E-state index contributed by atoms with van der Waals surface area (Å²) in [5, 5.41) is 6.85. The van der Waals surface area contributed by atoms with Crippen LogP contribution in [-0.2, 0) is 6.54 Å². The van der Waals surface area contributed by atoms with Crippen LogP contribution in [0, 0.1) is 5.92 Å². The number of methoxy groups -OCH3 is 3. The highest BCUT2D eigenvalue weighted by Gasteiger charge is 2.23. The molecule has 3 rings (SSSR count). The van der Waals surface area contributed by atoms with Gasteiger partial charge in [0.25, 0.3) is 0 Å². The predicted octanol–water partition coefficient (Wildman–Crippen LogP) is 3.91. The first-order valence-electron chi connectivity index (χ1n) is 10.8. The van der Waals surface area contributed by atoms with Crippen molar-refractivity contribution in [1.29, 1.82) is 0 Å². The summed E-state index contributed by atoms with van der Waals surface area (Å²) in [6.45, 7) is 6.43. The normalized spacial score (nSPS) is 15.7. The monoisotopic (exact) mass is 554 g/mol. The fourth-order valence-electron chi connectivity index (χ4n) is 3.77. The van der Waals surface area contributed by atoms with Crippen LogP contribution in [0.3, 0.4) is 0 Å². The number of anilines is 1. The van der Waals surface area contributed by atoms with E-state index in [9.17, 15) is 0 Å². The van der Waals surface area contributed by atoms with Crippen molar-refractivity contribution in [2.45, 2.75) is 19.9 Å². The van der Waals surface area contributed by atoms with Crippen LogP contribution in [0.15, 0.2) is 47.5 Å². The van der Waals surface area contributed by atoms with Gasteiger partial charge < -0.3 is 29.7 Å². The van der Waals surface area contributed by atoms with Crippen LogP contribution in [0.5, 0.6) is 17.2 Å². The topological polar surface area (TPSA) is 67.4 Å². The third-order valence-corrected chi connectivity index (χ3v) is 5.47. The lowest BCUT2D eigenvalue weighted by molar-refractivity contribution is 0.354. The maximum Gasteiger partial charge on any atom is 0.191 e. The van der Waals surface area contributed by atoms with E-state index in [2.05, 4.69) is 34.6 Å². The first kappa shape index (κ1) is 25.9. The van der Waals surface area contributed by atoms with Gasteiger partial charge in [0, 0.05) is 37.9 Å². The number of nitrogens with zero attached hydrogens (tertiary/aromatic N) is 2. The first-order chi connectivity index (χ1) is 15.2.